The minimum Gasteiger partial charge on any atom is -0.467 e. The van der Waals surface area contributed by atoms with Crippen molar-refractivity contribution in [3.05, 3.63) is 23.1 Å². The molecular formula is C21H31N3O11. The molecule has 0 bridgehead atoms. The van der Waals surface area contributed by atoms with Gasteiger partial charge in [-0.3, -0.25) is 9.59 Å². The minimum atomic E-state index is -1.42. The second kappa shape index (κ2) is 13.4. The maximum absolute atomic E-state index is 12.2. The topological polar surface area (TPSA) is 185 Å². The van der Waals surface area contributed by atoms with Gasteiger partial charge in [0, 0.05) is 24.7 Å². The lowest BCUT2D eigenvalue weighted by Gasteiger charge is -2.45. The van der Waals surface area contributed by atoms with E-state index >= 15 is 0 Å². The summed E-state index contributed by atoms with van der Waals surface area (Å²) in [6.45, 7) is 7.39. The van der Waals surface area contributed by atoms with Crippen molar-refractivity contribution in [1.29, 1.82) is 0 Å². The number of hydrogen-bond acceptors (Lipinski definition) is 12. The molecule has 0 aliphatic carbocycles. The van der Waals surface area contributed by atoms with Gasteiger partial charge in [-0.1, -0.05) is 18.1 Å². The van der Waals surface area contributed by atoms with Gasteiger partial charge < -0.3 is 38.3 Å². The molecule has 9 unspecified atom stereocenters. The molecule has 14 nitrogen and oxygen atoms in total. The Hall–Kier alpha value is -2.74. The second-order valence-electron chi connectivity index (χ2n) is 8.02. The first-order valence-corrected chi connectivity index (χ1v) is 10.9. The summed E-state index contributed by atoms with van der Waals surface area (Å²) in [6.07, 6.45) is -6.49. The lowest BCUT2D eigenvalue weighted by atomic mass is 9.90. The summed E-state index contributed by atoms with van der Waals surface area (Å²) < 4.78 is 38.3. The number of azide groups is 1. The largest absolute Gasteiger partial charge is 0.467 e. The van der Waals surface area contributed by atoms with Crippen LogP contribution in [0.2, 0.25) is 0 Å². The molecule has 0 aromatic heterocycles. The van der Waals surface area contributed by atoms with Gasteiger partial charge in [-0.15, -0.1) is 6.58 Å². The van der Waals surface area contributed by atoms with Crippen molar-refractivity contribution in [3.63, 3.8) is 0 Å². The molecule has 0 spiro atoms. The number of carbonyl (C=O) groups excluding carboxylic acids is 3. The third kappa shape index (κ3) is 7.62. The summed E-state index contributed by atoms with van der Waals surface area (Å²) in [5, 5.41) is 14.2. The van der Waals surface area contributed by atoms with Crippen LogP contribution in [0.15, 0.2) is 17.8 Å². The van der Waals surface area contributed by atoms with E-state index in [4.69, 9.17) is 38.7 Å². The van der Waals surface area contributed by atoms with Crippen LogP contribution in [-0.4, -0.2) is 92.5 Å². The summed E-state index contributed by atoms with van der Waals surface area (Å²) >= 11 is 0. The van der Waals surface area contributed by atoms with Crippen molar-refractivity contribution in [2.45, 2.75) is 76.3 Å². The highest BCUT2D eigenvalue weighted by atomic mass is 16.7. The average Bonchev–Trinajstić information content (AvgIpc) is 2.81. The van der Waals surface area contributed by atoms with Crippen molar-refractivity contribution < 1.29 is 52.6 Å². The number of nitrogens with zero attached hydrogens (tertiary/aromatic N) is 3. The third-order valence-corrected chi connectivity index (χ3v) is 5.50. The van der Waals surface area contributed by atoms with E-state index in [1.165, 1.54) is 19.9 Å². The van der Waals surface area contributed by atoms with Crippen LogP contribution >= 0.6 is 0 Å². The molecule has 0 radical (unpaired) electrons. The highest BCUT2D eigenvalue weighted by Gasteiger charge is 2.51. The summed E-state index contributed by atoms with van der Waals surface area (Å²) in [5.41, 5.74) is 9.00. The van der Waals surface area contributed by atoms with Crippen molar-refractivity contribution >= 4 is 17.9 Å². The maximum atomic E-state index is 12.2. The number of esters is 3. The Labute approximate surface area is 202 Å². The first kappa shape index (κ1) is 28.5. The molecule has 2 rings (SSSR count). The van der Waals surface area contributed by atoms with Crippen LogP contribution < -0.4 is 0 Å². The van der Waals surface area contributed by atoms with E-state index in [0.29, 0.717) is 0 Å². The van der Waals surface area contributed by atoms with Crippen LogP contribution in [0.25, 0.3) is 10.4 Å². The minimum absolute atomic E-state index is 0.0459. The van der Waals surface area contributed by atoms with Crippen LogP contribution in [0.5, 0.6) is 0 Å². The third-order valence-electron chi connectivity index (χ3n) is 5.50. The molecule has 2 aliphatic heterocycles. The van der Waals surface area contributed by atoms with Gasteiger partial charge in [0.1, 0.15) is 12.7 Å². The SMILES string of the molecule is C=CCOC1OC(COC(C)=O)C(OC2OC(C(=O)OC)C(O)C(C)C2OC(C)=O)CC1N=[N+]=[N-]. The van der Waals surface area contributed by atoms with Gasteiger partial charge in [-0.05, 0) is 12.0 Å². The summed E-state index contributed by atoms with van der Waals surface area (Å²) in [4.78, 5) is 38.1. The van der Waals surface area contributed by atoms with Gasteiger partial charge >= 0.3 is 17.9 Å². The summed E-state index contributed by atoms with van der Waals surface area (Å²) in [7, 11) is 1.13. The summed E-state index contributed by atoms with van der Waals surface area (Å²) in [5.74, 6) is -2.86. The molecule has 1 N–H and O–H groups in total. The number of carbonyl (C=O) groups is 3. The van der Waals surface area contributed by atoms with E-state index in [0.717, 1.165) is 7.11 Å². The smallest absolute Gasteiger partial charge is 0.337 e. The number of aliphatic hydroxyl groups is 1. The lowest BCUT2D eigenvalue weighted by Crippen LogP contribution is -2.60. The maximum Gasteiger partial charge on any atom is 0.337 e. The predicted octanol–water partition coefficient (Wildman–Crippen LogP) is 0.758. The Morgan fingerprint density at radius 1 is 1.23 bits per heavy atom. The van der Waals surface area contributed by atoms with Crippen LogP contribution in [0.3, 0.4) is 0 Å². The van der Waals surface area contributed by atoms with Gasteiger partial charge in [-0.2, -0.15) is 0 Å². The summed E-state index contributed by atoms with van der Waals surface area (Å²) in [6, 6.07) is -0.839. The molecular weight excluding hydrogens is 470 g/mol. The molecule has 2 saturated heterocycles. The molecule has 35 heavy (non-hydrogen) atoms. The van der Waals surface area contributed by atoms with E-state index in [1.54, 1.807) is 6.92 Å². The van der Waals surface area contributed by atoms with Crippen LogP contribution in [0.4, 0.5) is 0 Å². The Balaban J connectivity index is 2.34. The van der Waals surface area contributed by atoms with E-state index in [9.17, 15) is 19.5 Å². The van der Waals surface area contributed by atoms with E-state index in [-0.39, 0.29) is 19.6 Å². The molecule has 9 atom stereocenters. The van der Waals surface area contributed by atoms with Gasteiger partial charge in [0.15, 0.2) is 24.8 Å². The second-order valence-corrected chi connectivity index (χ2v) is 8.02. The van der Waals surface area contributed by atoms with Crippen molar-refractivity contribution in [3.8, 4) is 0 Å². The first-order valence-electron chi connectivity index (χ1n) is 10.9. The van der Waals surface area contributed by atoms with Gasteiger partial charge in [0.25, 0.3) is 0 Å². The molecule has 196 valence electrons. The monoisotopic (exact) mass is 501 g/mol. The zero-order valence-corrected chi connectivity index (χ0v) is 20.0. The van der Waals surface area contributed by atoms with E-state index < -0.39 is 73.0 Å². The Morgan fingerprint density at radius 2 is 1.94 bits per heavy atom. The zero-order valence-electron chi connectivity index (χ0n) is 20.0. The molecule has 2 fully saturated rings. The van der Waals surface area contributed by atoms with Gasteiger partial charge in [0.2, 0.25) is 0 Å². The fraction of sp³-hybridized carbons (Fsp3) is 0.762. The standard InChI is InChI=1S/C21H31N3O11/c1-6-7-30-20-13(23-24-22)8-14(15(34-20)9-31-11(3)25)33-21-17(32-12(4)26)10(2)16(27)18(35-21)19(28)29-5/h6,10,13-18,20-21,27H,1,7-9H2,2-5H3. The number of ether oxygens (including phenoxy) is 7. The average molecular weight is 501 g/mol. The number of hydrogen-bond donors (Lipinski definition) is 1. The molecule has 0 amide bonds. The molecule has 0 aromatic carbocycles. The van der Waals surface area contributed by atoms with E-state index in [1.807, 2.05) is 0 Å². The first-order chi connectivity index (χ1) is 16.6. The molecule has 0 saturated carbocycles. The highest BCUT2D eigenvalue weighted by Crippen LogP contribution is 2.34. The van der Waals surface area contributed by atoms with Crippen molar-refractivity contribution in [2.24, 2.45) is 11.0 Å². The Kier molecular flexibility index (Phi) is 10.9. The van der Waals surface area contributed by atoms with E-state index in [2.05, 4.69) is 16.6 Å². The molecule has 0 aromatic rings. The molecule has 2 aliphatic rings. The fourth-order valence-corrected chi connectivity index (χ4v) is 3.79. The van der Waals surface area contributed by atoms with Gasteiger partial charge in [-0.25, -0.2) is 4.79 Å². The molecule has 14 heteroatoms. The normalized spacial score (nSPS) is 34.7. The van der Waals surface area contributed by atoms with Crippen LogP contribution in [0.1, 0.15) is 27.2 Å². The zero-order chi connectivity index (χ0) is 26.1. The number of aliphatic hydroxyl groups excluding tert-OH is 1. The number of methoxy groups -OCH3 is 1. The molecule has 2 heterocycles. The van der Waals surface area contributed by atoms with Crippen molar-refractivity contribution in [1.82, 2.24) is 0 Å². The van der Waals surface area contributed by atoms with Crippen LogP contribution in [0, 0.1) is 5.92 Å². The lowest BCUT2D eigenvalue weighted by molar-refractivity contribution is -0.322. The number of rotatable bonds is 10. The van der Waals surface area contributed by atoms with Crippen LogP contribution in [-0.2, 0) is 47.5 Å². The van der Waals surface area contributed by atoms with Crippen molar-refractivity contribution in [2.75, 3.05) is 20.3 Å². The highest BCUT2D eigenvalue weighted by molar-refractivity contribution is 5.75. The Morgan fingerprint density at radius 3 is 2.51 bits per heavy atom. The predicted molar refractivity (Wildman–Crippen MR) is 115 cm³/mol. The Bertz CT molecular complexity index is 818. The quantitative estimate of drug-likeness (QED) is 0.111. The van der Waals surface area contributed by atoms with Gasteiger partial charge in [0.05, 0.1) is 32.0 Å². The fourth-order valence-electron chi connectivity index (χ4n) is 3.79.